The number of ether oxygens (including phenoxy) is 2. The van der Waals surface area contributed by atoms with Crippen molar-refractivity contribution in [1.82, 2.24) is 0 Å². The molecule has 0 saturated heterocycles. The van der Waals surface area contributed by atoms with Crippen LogP contribution in [0, 0.1) is 0 Å². The largest absolute Gasteiger partial charge is 0.496 e. The van der Waals surface area contributed by atoms with E-state index in [9.17, 15) is 0 Å². The van der Waals surface area contributed by atoms with Crippen LogP contribution in [0.5, 0.6) is 11.5 Å². The van der Waals surface area contributed by atoms with E-state index in [0.29, 0.717) is 6.54 Å². The first kappa shape index (κ1) is 12.7. The van der Waals surface area contributed by atoms with Crippen molar-refractivity contribution >= 4 is 10.8 Å². The molecule has 0 fully saturated rings. The number of methoxy groups -OCH3 is 2. The molecule has 0 heterocycles. The highest BCUT2D eigenvalue weighted by Crippen LogP contribution is 2.39. The molecule has 0 spiro atoms. The SMILES string of the molecule is COc1cc(C(C)CN)c(OC)c2ccccc12. The van der Waals surface area contributed by atoms with E-state index in [4.69, 9.17) is 15.2 Å². The fourth-order valence-corrected chi connectivity index (χ4v) is 2.23. The minimum Gasteiger partial charge on any atom is -0.496 e. The van der Waals surface area contributed by atoms with Gasteiger partial charge in [-0.15, -0.1) is 0 Å². The molecule has 2 rings (SSSR count). The summed E-state index contributed by atoms with van der Waals surface area (Å²) in [6, 6.07) is 10.1. The third-order valence-electron chi connectivity index (χ3n) is 3.29. The van der Waals surface area contributed by atoms with Gasteiger partial charge in [-0.25, -0.2) is 0 Å². The zero-order chi connectivity index (χ0) is 13.1. The fraction of sp³-hybridized carbons (Fsp3) is 0.333. The summed E-state index contributed by atoms with van der Waals surface area (Å²) in [4.78, 5) is 0. The Hall–Kier alpha value is -1.74. The predicted octanol–water partition coefficient (Wildman–Crippen LogP) is 2.92. The van der Waals surface area contributed by atoms with E-state index in [1.54, 1.807) is 14.2 Å². The lowest BCUT2D eigenvalue weighted by atomic mass is 9.95. The summed E-state index contributed by atoms with van der Waals surface area (Å²) >= 11 is 0. The molecule has 0 aliphatic carbocycles. The zero-order valence-corrected chi connectivity index (χ0v) is 11.1. The quantitative estimate of drug-likeness (QED) is 0.900. The Bertz CT molecular complexity index is 551. The highest BCUT2D eigenvalue weighted by molar-refractivity contribution is 5.94. The molecule has 1 atom stereocenters. The summed E-state index contributed by atoms with van der Waals surface area (Å²) in [6.45, 7) is 2.67. The third-order valence-corrected chi connectivity index (χ3v) is 3.29. The van der Waals surface area contributed by atoms with Crippen LogP contribution in [0.15, 0.2) is 30.3 Å². The van der Waals surface area contributed by atoms with Crippen LogP contribution in [-0.2, 0) is 0 Å². The molecular formula is C15H19NO2. The molecule has 0 aliphatic heterocycles. The number of hydrogen-bond acceptors (Lipinski definition) is 3. The highest BCUT2D eigenvalue weighted by Gasteiger charge is 2.16. The summed E-state index contributed by atoms with van der Waals surface area (Å²) in [5.41, 5.74) is 6.86. The van der Waals surface area contributed by atoms with Gasteiger partial charge in [-0.2, -0.15) is 0 Å². The van der Waals surface area contributed by atoms with E-state index < -0.39 is 0 Å². The van der Waals surface area contributed by atoms with E-state index in [1.165, 1.54) is 0 Å². The Kier molecular flexibility index (Phi) is 3.72. The monoisotopic (exact) mass is 245 g/mol. The number of benzene rings is 2. The van der Waals surface area contributed by atoms with Gasteiger partial charge in [0.1, 0.15) is 11.5 Å². The molecule has 3 heteroatoms. The summed E-state index contributed by atoms with van der Waals surface area (Å²) in [5, 5.41) is 2.12. The molecule has 3 nitrogen and oxygen atoms in total. The molecule has 0 aromatic heterocycles. The van der Waals surface area contributed by atoms with Crippen molar-refractivity contribution in [3.8, 4) is 11.5 Å². The van der Waals surface area contributed by atoms with Crippen molar-refractivity contribution in [1.29, 1.82) is 0 Å². The predicted molar refractivity (Wildman–Crippen MR) is 74.5 cm³/mol. The van der Waals surface area contributed by atoms with E-state index in [1.807, 2.05) is 30.3 Å². The third kappa shape index (κ3) is 2.02. The van der Waals surface area contributed by atoms with Crippen LogP contribution in [0.2, 0.25) is 0 Å². The van der Waals surface area contributed by atoms with Gasteiger partial charge in [0.25, 0.3) is 0 Å². The van der Waals surface area contributed by atoms with Gasteiger partial charge in [0.15, 0.2) is 0 Å². The van der Waals surface area contributed by atoms with Crippen molar-refractivity contribution in [2.75, 3.05) is 20.8 Å². The van der Waals surface area contributed by atoms with E-state index >= 15 is 0 Å². The Morgan fingerprint density at radius 1 is 1.11 bits per heavy atom. The molecule has 0 amide bonds. The first-order valence-corrected chi connectivity index (χ1v) is 6.06. The van der Waals surface area contributed by atoms with Crippen LogP contribution < -0.4 is 15.2 Å². The Morgan fingerprint density at radius 3 is 2.33 bits per heavy atom. The molecule has 2 N–H and O–H groups in total. The number of fused-ring (bicyclic) bond motifs is 1. The molecule has 2 aromatic rings. The minimum atomic E-state index is 0.235. The van der Waals surface area contributed by atoms with Gasteiger partial charge in [0.05, 0.1) is 14.2 Å². The van der Waals surface area contributed by atoms with Crippen LogP contribution in [-0.4, -0.2) is 20.8 Å². The summed E-state index contributed by atoms with van der Waals surface area (Å²) in [7, 11) is 3.38. The Labute approximate surface area is 108 Å². The average Bonchev–Trinajstić information content (AvgIpc) is 2.44. The van der Waals surface area contributed by atoms with Crippen LogP contribution in [0.25, 0.3) is 10.8 Å². The van der Waals surface area contributed by atoms with E-state index in [0.717, 1.165) is 27.8 Å². The summed E-state index contributed by atoms with van der Waals surface area (Å²) in [6.07, 6.45) is 0. The number of hydrogen-bond donors (Lipinski definition) is 1. The van der Waals surface area contributed by atoms with Gasteiger partial charge in [-0.3, -0.25) is 0 Å². The van der Waals surface area contributed by atoms with Crippen LogP contribution in [0.3, 0.4) is 0 Å². The second kappa shape index (κ2) is 5.27. The minimum absolute atomic E-state index is 0.235. The Balaban J connectivity index is 2.78. The van der Waals surface area contributed by atoms with Crippen LogP contribution in [0.1, 0.15) is 18.4 Å². The standard InChI is InChI=1S/C15H19NO2/c1-10(9-16)13-8-14(17-2)11-6-4-5-7-12(11)15(13)18-3/h4-8,10H,9,16H2,1-3H3. The van der Waals surface area contributed by atoms with Crippen LogP contribution >= 0.6 is 0 Å². The molecule has 0 bridgehead atoms. The molecule has 0 saturated carbocycles. The second-order valence-electron chi connectivity index (χ2n) is 4.38. The molecule has 0 radical (unpaired) electrons. The van der Waals surface area contributed by atoms with E-state index in [2.05, 4.69) is 6.92 Å². The molecule has 0 aliphatic rings. The summed E-state index contributed by atoms with van der Waals surface area (Å²) < 4.78 is 11.0. The van der Waals surface area contributed by atoms with Gasteiger partial charge < -0.3 is 15.2 Å². The second-order valence-corrected chi connectivity index (χ2v) is 4.38. The Morgan fingerprint density at radius 2 is 1.78 bits per heavy atom. The fourth-order valence-electron chi connectivity index (χ4n) is 2.23. The first-order valence-electron chi connectivity index (χ1n) is 6.06. The maximum Gasteiger partial charge on any atom is 0.130 e. The van der Waals surface area contributed by atoms with Gasteiger partial charge in [-0.05, 0) is 18.5 Å². The lowest BCUT2D eigenvalue weighted by molar-refractivity contribution is 0.403. The number of nitrogens with two attached hydrogens (primary N) is 1. The zero-order valence-electron chi connectivity index (χ0n) is 11.1. The maximum absolute atomic E-state index is 5.77. The highest BCUT2D eigenvalue weighted by atomic mass is 16.5. The molecule has 2 aromatic carbocycles. The molecule has 18 heavy (non-hydrogen) atoms. The van der Waals surface area contributed by atoms with Crippen molar-refractivity contribution in [2.24, 2.45) is 5.73 Å². The van der Waals surface area contributed by atoms with E-state index in [-0.39, 0.29) is 5.92 Å². The maximum atomic E-state index is 5.77. The van der Waals surface area contributed by atoms with Crippen molar-refractivity contribution in [3.05, 3.63) is 35.9 Å². The normalized spacial score (nSPS) is 12.4. The smallest absolute Gasteiger partial charge is 0.130 e. The first-order chi connectivity index (χ1) is 8.72. The van der Waals surface area contributed by atoms with Crippen LogP contribution in [0.4, 0.5) is 0 Å². The molecule has 96 valence electrons. The molecular weight excluding hydrogens is 226 g/mol. The van der Waals surface area contributed by atoms with Gasteiger partial charge in [0, 0.05) is 16.3 Å². The van der Waals surface area contributed by atoms with Gasteiger partial charge >= 0.3 is 0 Å². The van der Waals surface area contributed by atoms with Crippen molar-refractivity contribution < 1.29 is 9.47 Å². The van der Waals surface area contributed by atoms with Crippen molar-refractivity contribution in [3.63, 3.8) is 0 Å². The average molecular weight is 245 g/mol. The van der Waals surface area contributed by atoms with Crippen molar-refractivity contribution in [2.45, 2.75) is 12.8 Å². The lowest BCUT2D eigenvalue weighted by Crippen LogP contribution is -2.10. The van der Waals surface area contributed by atoms with Gasteiger partial charge in [-0.1, -0.05) is 31.2 Å². The molecule has 1 unspecified atom stereocenters. The lowest BCUT2D eigenvalue weighted by Gasteiger charge is -2.18. The summed E-state index contributed by atoms with van der Waals surface area (Å²) in [5.74, 6) is 1.99. The number of rotatable bonds is 4. The topological polar surface area (TPSA) is 44.5 Å². The van der Waals surface area contributed by atoms with Gasteiger partial charge in [0.2, 0.25) is 0 Å².